The molecule has 3 heteroatoms. The highest BCUT2D eigenvalue weighted by molar-refractivity contribution is 5.35. The fraction of sp³-hybridized carbons (Fsp3) is 0.364. The molecule has 1 aromatic rings. The summed E-state index contributed by atoms with van der Waals surface area (Å²) in [6.07, 6.45) is 2.22. The number of nitrogens with two attached hydrogens (primary N) is 1. The Kier molecular flexibility index (Phi) is 2.22. The molecule has 0 aliphatic heterocycles. The van der Waals surface area contributed by atoms with E-state index in [-0.39, 0.29) is 11.9 Å². The van der Waals surface area contributed by atoms with Crippen molar-refractivity contribution in [2.45, 2.75) is 18.9 Å². The van der Waals surface area contributed by atoms with Crippen LogP contribution in [0.1, 0.15) is 30.0 Å². The van der Waals surface area contributed by atoms with Gasteiger partial charge in [-0.05, 0) is 42.5 Å². The first-order chi connectivity index (χ1) is 6.70. The Morgan fingerprint density at radius 1 is 1.43 bits per heavy atom. The maximum Gasteiger partial charge on any atom is 0.124 e. The first-order valence-electron chi connectivity index (χ1n) is 4.67. The van der Waals surface area contributed by atoms with Crippen LogP contribution in [0.15, 0.2) is 18.2 Å². The van der Waals surface area contributed by atoms with Gasteiger partial charge in [-0.2, -0.15) is 5.26 Å². The van der Waals surface area contributed by atoms with E-state index in [0.717, 1.165) is 18.4 Å². The van der Waals surface area contributed by atoms with Gasteiger partial charge in [-0.1, -0.05) is 0 Å². The lowest BCUT2D eigenvalue weighted by Gasteiger charge is -2.10. The van der Waals surface area contributed by atoms with Gasteiger partial charge in [0.25, 0.3) is 0 Å². The first-order valence-corrected chi connectivity index (χ1v) is 4.67. The second kappa shape index (κ2) is 3.39. The molecule has 0 unspecified atom stereocenters. The average molecular weight is 190 g/mol. The lowest BCUT2D eigenvalue weighted by atomic mass is 10.0. The molecule has 1 saturated carbocycles. The van der Waals surface area contributed by atoms with Crippen LogP contribution in [0.4, 0.5) is 4.39 Å². The molecule has 2 rings (SSSR count). The van der Waals surface area contributed by atoms with Crippen LogP contribution in [0.3, 0.4) is 0 Å². The fourth-order valence-corrected chi connectivity index (χ4v) is 1.60. The predicted octanol–water partition coefficient (Wildman–Crippen LogP) is 2.11. The number of halogens is 1. The predicted molar refractivity (Wildman–Crippen MR) is 50.8 cm³/mol. The summed E-state index contributed by atoms with van der Waals surface area (Å²) in [7, 11) is 0. The summed E-state index contributed by atoms with van der Waals surface area (Å²) in [5, 5.41) is 8.67. The van der Waals surface area contributed by atoms with E-state index in [0.29, 0.717) is 11.5 Å². The lowest BCUT2D eigenvalue weighted by molar-refractivity contribution is 0.601. The minimum Gasteiger partial charge on any atom is -0.324 e. The Balaban J connectivity index is 2.32. The quantitative estimate of drug-likeness (QED) is 0.776. The molecule has 0 radical (unpaired) electrons. The fourth-order valence-electron chi connectivity index (χ4n) is 1.60. The van der Waals surface area contributed by atoms with Crippen molar-refractivity contribution in [3.8, 4) is 6.07 Å². The summed E-state index contributed by atoms with van der Waals surface area (Å²) >= 11 is 0. The van der Waals surface area contributed by atoms with Gasteiger partial charge in [-0.15, -0.1) is 0 Å². The van der Waals surface area contributed by atoms with E-state index in [1.54, 1.807) is 6.07 Å². The molecule has 0 saturated heterocycles. The molecule has 1 fully saturated rings. The molecule has 0 aromatic heterocycles. The van der Waals surface area contributed by atoms with Gasteiger partial charge in [0.1, 0.15) is 5.82 Å². The maximum atomic E-state index is 13.1. The Hall–Kier alpha value is -1.40. The molecule has 14 heavy (non-hydrogen) atoms. The Morgan fingerprint density at radius 2 is 2.14 bits per heavy atom. The SMILES string of the molecule is N#Cc1cc(F)cc([C@@H](N)C2CC2)c1. The molecule has 0 amide bonds. The van der Waals surface area contributed by atoms with Crippen LogP contribution >= 0.6 is 0 Å². The normalized spacial score (nSPS) is 17.5. The molecule has 1 aliphatic rings. The maximum absolute atomic E-state index is 13.1. The Morgan fingerprint density at radius 3 is 2.71 bits per heavy atom. The lowest BCUT2D eigenvalue weighted by Crippen LogP contribution is -2.12. The van der Waals surface area contributed by atoms with E-state index in [4.69, 9.17) is 11.0 Å². The zero-order valence-corrected chi connectivity index (χ0v) is 7.70. The van der Waals surface area contributed by atoms with Gasteiger partial charge < -0.3 is 5.73 Å². The molecule has 0 bridgehead atoms. The molecular weight excluding hydrogens is 179 g/mol. The van der Waals surface area contributed by atoms with Crippen molar-refractivity contribution >= 4 is 0 Å². The second-order valence-electron chi connectivity index (χ2n) is 3.75. The molecule has 0 heterocycles. The Bertz CT molecular complexity index is 391. The number of benzene rings is 1. The van der Waals surface area contributed by atoms with Crippen molar-refractivity contribution in [1.29, 1.82) is 5.26 Å². The van der Waals surface area contributed by atoms with Crippen molar-refractivity contribution in [3.05, 3.63) is 35.1 Å². The van der Waals surface area contributed by atoms with Gasteiger partial charge in [0.15, 0.2) is 0 Å². The molecule has 0 spiro atoms. The minimum absolute atomic E-state index is 0.113. The third kappa shape index (κ3) is 1.75. The molecule has 72 valence electrons. The third-order valence-electron chi connectivity index (χ3n) is 2.56. The topological polar surface area (TPSA) is 49.8 Å². The van der Waals surface area contributed by atoms with Crippen molar-refractivity contribution in [2.24, 2.45) is 11.7 Å². The van der Waals surface area contributed by atoms with Crippen LogP contribution in [0.2, 0.25) is 0 Å². The van der Waals surface area contributed by atoms with Crippen LogP contribution in [-0.4, -0.2) is 0 Å². The van der Waals surface area contributed by atoms with Gasteiger partial charge in [-0.3, -0.25) is 0 Å². The summed E-state index contributed by atoms with van der Waals surface area (Å²) in [4.78, 5) is 0. The minimum atomic E-state index is -0.379. The van der Waals surface area contributed by atoms with E-state index < -0.39 is 0 Å². The van der Waals surface area contributed by atoms with Gasteiger partial charge >= 0.3 is 0 Å². The van der Waals surface area contributed by atoms with E-state index in [1.165, 1.54) is 12.1 Å². The standard InChI is InChI=1S/C11H11FN2/c12-10-4-7(6-13)3-9(5-10)11(14)8-1-2-8/h3-5,8,11H,1-2,14H2/t11-/m0/s1. The zero-order chi connectivity index (χ0) is 10.1. The highest BCUT2D eigenvalue weighted by atomic mass is 19.1. The number of nitriles is 1. The summed E-state index contributed by atoms with van der Waals surface area (Å²) < 4.78 is 13.1. The molecule has 2 nitrogen and oxygen atoms in total. The molecule has 1 atom stereocenters. The van der Waals surface area contributed by atoms with Gasteiger partial charge in [0.2, 0.25) is 0 Å². The monoisotopic (exact) mass is 190 g/mol. The van der Waals surface area contributed by atoms with Crippen LogP contribution < -0.4 is 5.73 Å². The van der Waals surface area contributed by atoms with Crippen molar-refractivity contribution in [3.63, 3.8) is 0 Å². The molecular formula is C11H11FN2. The van der Waals surface area contributed by atoms with Crippen LogP contribution in [0.5, 0.6) is 0 Å². The van der Waals surface area contributed by atoms with E-state index in [2.05, 4.69) is 0 Å². The smallest absolute Gasteiger partial charge is 0.124 e. The molecule has 1 aliphatic carbocycles. The molecule has 1 aromatic carbocycles. The number of nitrogens with zero attached hydrogens (tertiary/aromatic N) is 1. The number of hydrogen-bond donors (Lipinski definition) is 1. The highest BCUT2D eigenvalue weighted by Crippen LogP contribution is 2.39. The van der Waals surface area contributed by atoms with E-state index in [9.17, 15) is 4.39 Å². The van der Waals surface area contributed by atoms with Crippen molar-refractivity contribution in [2.75, 3.05) is 0 Å². The third-order valence-corrected chi connectivity index (χ3v) is 2.56. The highest BCUT2D eigenvalue weighted by Gasteiger charge is 2.29. The Labute approximate surface area is 82.1 Å². The molecule has 2 N–H and O–H groups in total. The second-order valence-corrected chi connectivity index (χ2v) is 3.75. The average Bonchev–Trinajstić information content (AvgIpc) is 2.99. The van der Waals surface area contributed by atoms with Crippen LogP contribution in [-0.2, 0) is 0 Å². The van der Waals surface area contributed by atoms with Gasteiger partial charge in [0.05, 0.1) is 11.6 Å². The van der Waals surface area contributed by atoms with Crippen molar-refractivity contribution < 1.29 is 4.39 Å². The van der Waals surface area contributed by atoms with Gasteiger partial charge in [0, 0.05) is 6.04 Å². The first kappa shape index (κ1) is 9.17. The van der Waals surface area contributed by atoms with Crippen LogP contribution in [0, 0.1) is 23.1 Å². The van der Waals surface area contributed by atoms with Gasteiger partial charge in [-0.25, -0.2) is 4.39 Å². The summed E-state index contributed by atoms with van der Waals surface area (Å²) in [6.45, 7) is 0. The van der Waals surface area contributed by atoms with E-state index in [1.807, 2.05) is 6.07 Å². The summed E-state index contributed by atoms with van der Waals surface area (Å²) in [6, 6.07) is 6.13. The number of rotatable bonds is 2. The number of hydrogen-bond acceptors (Lipinski definition) is 2. The van der Waals surface area contributed by atoms with Crippen LogP contribution in [0.25, 0.3) is 0 Å². The van der Waals surface area contributed by atoms with Crippen molar-refractivity contribution in [1.82, 2.24) is 0 Å². The summed E-state index contributed by atoms with van der Waals surface area (Å²) in [5.74, 6) is 0.0958. The largest absolute Gasteiger partial charge is 0.324 e. The summed E-state index contributed by atoms with van der Waals surface area (Å²) in [5.41, 5.74) is 7.00. The zero-order valence-electron chi connectivity index (χ0n) is 7.70. The van der Waals surface area contributed by atoms with E-state index >= 15 is 0 Å².